The van der Waals surface area contributed by atoms with E-state index in [9.17, 15) is 9.18 Å². The van der Waals surface area contributed by atoms with E-state index in [4.69, 9.17) is 0 Å². The molecule has 0 aliphatic rings. The standard InChI is InChI=1S/C13H11BrFN3O/c1-8-11(6-7-12(14)16-8)18-13(19)17-10-4-2-9(15)3-5-10/h2-7H,1H3,(H2,17,18,19). The zero-order valence-electron chi connectivity index (χ0n) is 10.1. The Kier molecular flexibility index (Phi) is 4.11. The highest BCUT2D eigenvalue weighted by molar-refractivity contribution is 9.10. The topological polar surface area (TPSA) is 54.0 Å². The first-order valence-electron chi connectivity index (χ1n) is 5.51. The molecule has 0 spiro atoms. The Morgan fingerprint density at radius 2 is 1.84 bits per heavy atom. The smallest absolute Gasteiger partial charge is 0.308 e. The molecule has 2 aromatic rings. The normalized spacial score (nSPS) is 10.1. The van der Waals surface area contributed by atoms with Gasteiger partial charge in [0.1, 0.15) is 10.4 Å². The van der Waals surface area contributed by atoms with E-state index < -0.39 is 6.03 Å². The molecule has 0 saturated carbocycles. The zero-order chi connectivity index (χ0) is 13.8. The minimum atomic E-state index is -0.404. The van der Waals surface area contributed by atoms with Gasteiger partial charge < -0.3 is 10.6 Å². The maximum atomic E-state index is 12.7. The molecule has 0 saturated heterocycles. The molecule has 0 unspecified atom stereocenters. The van der Waals surface area contributed by atoms with Crippen molar-refractivity contribution >= 4 is 33.3 Å². The summed E-state index contributed by atoms with van der Waals surface area (Å²) in [7, 11) is 0. The molecule has 0 radical (unpaired) electrons. The molecular formula is C13H11BrFN3O. The van der Waals surface area contributed by atoms with Crippen molar-refractivity contribution < 1.29 is 9.18 Å². The first-order chi connectivity index (χ1) is 9.04. The molecule has 1 heterocycles. The third-order valence-corrected chi connectivity index (χ3v) is 2.84. The van der Waals surface area contributed by atoms with E-state index in [0.717, 1.165) is 0 Å². The summed E-state index contributed by atoms with van der Waals surface area (Å²) < 4.78 is 13.4. The van der Waals surface area contributed by atoms with Crippen LogP contribution in [0.15, 0.2) is 41.0 Å². The molecule has 19 heavy (non-hydrogen) atoms. The molecule has 0 aliphatic carbocycles. The quantitative estimate of drug-likeness (QED) is 0.822. The number of aryl methyl sites for hydroxylation is 1. The molecule has 2 rings (SSSR count). The van der Waals surface area contributed by atoms with Crippen molar-refractivity contribution in [1.82, 2.24) is 4.98 Å². The van der Waals surface area contributed by atoms with Crippen LogP contribution in [0.5, 0.6) is 0 Å². The van der Waals surface area contributed by atoms with Crippen LogP contribution in [0, 0.1) is 12.7 Å². The number of anilines is 2. The number of urea groups is 1. The van der Waals surface area contributed by atoms with E-state index in [-0.39, 0.29) is 5.82 Å². The summed E-state index contributed by atoms with van der Waals surface area (Å²) in [6.45, 7) is 1.79. The fourth-order valence-corrected chi connectivity index (χ4v) is 1.88. The zero-order valence-corrected chi connectivity index (χ0v) is 11.7. The summed E-state index contributed by atoms with van der Waals surface area (Å²) in [5.74, 6) is -0.348. The molecule has 0 fully saturated rings. The second-order valence-electron chi connectivity index (χ2n) is 3.85. The summed E-state index contributed by atoms with van der Waals surface area (Å²) >= 11 is 3.25. The van der Waals surface area contributed by atoms with E-state index in [1.54, 1.807) is 19.1 Å². The largest absolute Gasteiger partial charge is 0.323 e. The van der Waals surface area contributed by atoms with Gasteiger partial charge in [0.2, 0.25) is 0 Å². The molecule has 98 valence electrons. The van der Waals surface area contributed by atoms with Crippen molar-refractivity contribution in [3.8, 4) is 0 Å². The van der Waals surface area contributed by atoms with Crippen molar-refractivity contribution in [3.63, 3.8) is 0 Å². The number of carbonyl (C=O) groups is 1. The number of hydrogen-bond acceptors (Lipinski definition) is 2. The van der Waals surface area contributed by atoms with Gasteiger partial charge in [-0.15, -0.1) is 0 Å². The van der Waals surface area contributed by atoms with Crippen LogP contribution >= 0.6 is 15.9 Å². The lowest BCUT2D eigenvalue weighted by molar-refractivity contribution is 0.262. The molecule has 6 heteroatoms. The van der Waals surface area contributed by atoms with Crippen LogP contribution in [0.3, 0.4) is 0 Å². The van der Waals surface area contributed by atoms with Gasteiger partial charge in [0, 0.05) is 5.69 Å². The van der Waals surface area contributed by atoms with Gasteiger partial charge in [0.15, 0.2) is 0 Å². The van der Waals surface area contributed by atoms with Gasteiger partial charge in [-0.1, -0.05) is 0 Å². The molecule has 0 atom stereocenters. The predicted octanol–water partition coefficient (Wildman–Crippen LogP) is 3.94. The maximum Gasteiger partial charge on any atom is 0.323 e. The van der Waals surface area contributed by atoms with Crippen LogP contribution in [-0.4, -0.2) is 11.0 Å². The van der Waals surface area contributed by atoms with E-state index >= 15 is 0 Å². The number of amides is 2. The number of nitrogens with one attached hydrogen (secondary N) is 2. The second kappa shape index (κ2) is 5.79. The summed E-state index contributed by atoms with van der Waals surface area (Å²) in [6, 6.07) is 8.61. The van der Waals surface area contributed by atoms with Crippen LogP contribution < -0.4 is 10.6 Å². The molecule has 0 aliphatic heterocycles. The van der Waals surface area contributed by atoms with Crippen molar-refractivity contribution in [3.05, 3.63) is 52.5 Å². The highest BCUT2D eigenvalue weighted by Crippen LogP contribution is 2.16. The highest BCUT2D eigenvalue weighted by Gasteiger charge is 2.06. The van der Waals surface area contributed by atoms with Crippen molar-refractivity contribution in [2.45, 2.75) is 6.92 Å². The Morgan fingerprint density at radius 1 is 1.16 bits per heavy atom. The molecule has 0 bridgehead atoms. The lowest BCUT2D eigenvalue weighted by Crippen LogP contribution is -2.20. The molecule has 1 aromatic heterocycles. The summed E-state index contributed by atoms with van der Waals surface area (Å²) in [5, 5.41) is 5.28. The SMILES string of the molecule is Cc1nc(Br)ccc1NC(=O)Nc1ccc(F)cc1. The number of pyridine rings is 1. The van der Waals surface area contributed by atoms with Crippen LogP contribution in [-0.2, 0) is 0 Å². The van der Waals surface area contributed by atoms with Gasteiger partial charge in [0.05, 0.1) is 11.4 Å². The fourth-order valence-electron chi connectivity index (χ4n) is 1.48. The molecule has 2 N–H and O–H groups in total. The van der Waals surface area contributed by atoms with Gasteiger partial charge in [-0.05, 0) is 59.3 Å². The number of halogens is 2. The Bertz CT molecular complexity index is 601. The number of carbonyl (C=O) groups excluding carboxylic acids is 1. The van der Waals surface area contributed by atoms with E-state index in [1.165, 1.54) is 24.3 Å². The van der Waals surface area contributed by atoms with Crippen LogP contribution in [0.25, 0.3) is 0 Å². The Balaban J connectivity index is 2.03. The fraction of sp³-hybridized carbons (Fsp3) is 0.0769. The van der Waals surface area contributed by atoms with E-state index in [2.05, 4.69) is 31.5 Å². The number of hydrogen-bond donors (Lipinski definition) is 2. The van der Waals surface area contributed by atoms with E-state index in [1.807, 2.05) is 0 Å². The van der Waals surface area contributed by atoms with Gasteiger partial charge in [-0.25, -0.2) is 14.2 Å². The molecular weight excluding hydrogens is 313 g/mol. The number of rotatable bonds is 2. The minimum Gasteiger partial charge on any atom is -0.308 e. The Hall–Kier alpha value is -1.95. The molecule has 1 aromatic carbocycles. The van der Waals surface area contributed by atoms with Gasteiger partial charge in [-0.2, -0.15) is 0 Å². The molecule has 4 nitrogen and oxygen atoms in total. The van der Waals surface area contributed by atoms with Gasteiger partial charge in [-0.3, -0.25) is 0 Å². The first-order valence-corrected chi connectivity index (χ1v) is 6.30. The lowest BCUT2D eigenvalue weighted by Gasteiger charge is -2.09. The van der Waals surface area contributed by atoms with Crippen molar-refractivity contribution in [1.29, 1.82) is 0 Å². The minimum absolute atomic E-state index is 0.348. The average Bonchev–Trinajstić information content (AvgIpc) is 2.36. The van der Waals surface area contributed by atoms with Crippen LogP contribution in [0.2, 0.25) is 0 Å². The predicted molar refractivity (Wildman–Crippen MR) is 75.7 cm³/mol. The number of benzene rings is 1. The monoisotopic (exact) mass is 323 g/mol. The third-order valence-electron chi connectivity index (χ3n) is 2.40. The van der Waals surface area contributed by atoms with Gasteiger partial charge in [0.25, 0.3) is 0 Å². The van der Waals surface area contributed by atoms with Gasteiger partial charge >= 0.3 is 6.03 Å². The highest BCUT2D eigenvalue weighted by atomic mass is 79.9. The Morgan fingerprint density at radius 3 is 2.47 bits per heavy atom. The lowest BCUT2D eigenvalue weighted by atomic mass is 10.3. The van der Waals surface area contributed by atoms with E-state index in [0.29, 0.717) is 21.7 Å². The average molecular weight is 324 g/mol. The first kappa shape index (κ1) is 13.5. The van der Waals surface area contributed by atoms with Crippen LogP contribution in [0.1, 0.15) is 5.69 Å². The number of nitrogens with zero attached hydrogens (tertiary/aromatic N) is 1. The number of aromatic nitrogens is 1. The summed E-state index contributed by atoms with van der Waals surface area (Å²) in [6.07, 6.45) is 0. The summed E-state index contributed by atoms with van der Waals surface area (Å²) in [5.41, 5.74) is 1.83. The van der Waals surface area contributed by atoms with Crippen molar-refractivity contribution in [2.24, 2.45) is 0 Å². The Labute approximate surface area is 118 Å². The molecule has 2 amide bonds. The van der Waals surface area contributed by atoms with Crippen molar-refractivity contribution in [2.75, 3.05) is 10.6 Å². The third kappa shape index (κ3) is 3.75. The second-order valence-corrected chi connectivity index (χ2v) is 4.67. The summed E-state index contributed by atoms with van der Waals surface area (Å²) in [4.78, 5) is 15.9. The van der Waals surface area contributed by atoms with Crippen LogP contribution in [0.4, 0.5) is 20.6 Å². The maximum absolute atomic E-state index is 12.7.